The number of nitrogens with zero attached hydrogens (tertiary/aromatic N) is 3. The number of hydrogen-bond donors (Lipinski definition) is 0. The van der Waals surface area contributed by atoms with E-state index in [1.54, 1.807) is 11.3 Å². The standard InChI is InChI=1S/C14H15N3S/c1-2-12-11-18-14(16-12)17(10-6-9-15)13-7-4-3-5-8-13/h3-5,7-8,11H,2,6,10H2,1H3. The highest BCUT2D eigenvalue weighted by Gasteiger charge is 2.12. The van der Waals surface area contributed by atoms with Crippen molar-refractivity contribution < 1.29 is 0 Å². The third-order valence-corrected chi connectivity index (χ3v) is 3.56. The van der Waals surface area contributed by atoms with Crippen LogP contribution in [0.2, 0.25) is 0 Å². The summed E-state index contributed by atoms with van der Waals surface area (Å²) in [5.74, 6) is 0. The Hall–Kier alpha value is -1.86. The van der Waals surface area contributed by atoms with Gasteiger partial charge in [-0.2, -0.15) is 5.26 Å². The van der Waals surface area contributed by atoms with E-state index in [9.17, 15) is 0 Å². The number of hydrogen-bond acceptors (Lipinski definition) is 4. The zero-order valence-electron chi connectivity index (χ0n) is 10.3. The molecule has 18 heavy (non-hydrogen) atoms. The van der Waals surface area contributed by atoms with E-state index in [4.69, 9.17) is 5.26 Å². The second-order valence-corrected chi connectivity index (χ2v) is 4.71. The molecule has 0 atom stereocenters. The molecule has 0 saturated heterocycles. The third kappa shape index (κ3) is 2.88. The van der Waals surface area contributed by atoms with Gasteiger partial charge < -0.3 is 4.90 Å². The largest absolute Gasteiger partial charge is 0.317 e. The first-order valence-electron chi connectivity index (χ1n) is 5.99. The molecule has 0 aliphatic heterocycles. The SMILES string of the molecule is CCc1csc(N(CCC#N)c2ccccc2)n1. The molecular formula is C14H15N3S. The van der Waals surface area contributed by atoms with Crippen LogP contribution in [0.5, 0.6) is 0 Å². The molecule has 0 amide bonds. The van der Waals surface area contributed by atoms with Gasteiger partial charge in [0.05, 0.1) is 18.2 Å². The molecule has 2 aromatic rings. The predicted octanol–water partition coefficient (Wildman–Crippen LogP) is 3.76. The fraction of sp³-hybridized carbons (Fsp3) is 0.286. The maximum Gasteiger partial charge on any atom is 0.190 e. The van der Waals surface area contributed by atoms with Crippen LogP contribution >= 0.6 is 11.3 Å². The van der Waals surface area contributed by atoms with Gasteiger partial charge in [-0.15, -0.1) is 11.3 Å². The number of aromatic nitrogens is 1. The fourth-order valence-corrected chi connectivity index (χ4v) is 2.64. The van der Waals surface area contributed by atoms with Gasteiger partial charge >= 0.3 is 0 Å². The Labute approximate surface area is 111 Å². The van der Waals surface area contributed by atoms with Crippen molar-refractivity contribution in [2.75, 3.05) is 11.4 Å². The second-order valence-electron chi connectivity index (χ2n) is 3.87. The smallest absolute Gasteiger partial charge is 0.190 e. The average Bonchev–Trinajstić information content (AvgIpc) is 2.89. The van der Waals surface area contributed by atoms with Crippen LogP contribution in [0.1, 0.15) is 19.0 Å². The highest BCUT2D eigenvalue weighted by Crippen LogP contribution is 2.28. The van der Waals surface area contributed by atoms with E-state index in [0.717, 1.165) is 22.9 Å². The molecule has 92 valence electrons. The van der Waals surface area contributed by atoms with Gasteiger partial charge in [0.25, 0.3) is 0 Å². The molecule has 2 rings (SSSR count). The van der Waals surface area contributed by atoms with Crippen molar-refractivity contribution in [1.29, 1.82) is 5.26 Å². The molecule has 0 spiro atoms. The van der Waals surface area contributed by atoms with Gasteiger partial charge in [-0.05, 0) is 18.6 Å². The normalized spacial score (nSPS) is 10.0. The van der Waals surface area contributed by atoms with Crippen LogP contribution in [0.25, 0.3) is 0 Å². The highest BCUT2D eigenvalue weighted by atomic mass is 32.1. The summed E-state index contributed by atoms with van der Waals surface area (Å²) in [6.07, 6.45) is 1.44. The Morgan fingerprint density at radius 1 is 1.33 bits per heavy atom. The minimum atomic E-state index is 0.496. The van der Waals surface area contributed by atoms with Crippen LogP contribution in [0.15, 0.2) is 35.7 Å². The van der Waals surface area contributed by atoms with E-state index in [1.807, 2.05) is 30.3 Å². The van der Waals surface area contributed by atoms with Crippen LogP contribution in [0.3, 0.4) is 0 Å². The van der Waals surface area contributed by atoms with Crippen LogP contribution in [-0.2, 0) is 6.42 Å². The maximum atomic E-state index is 8.77. The minimum Gasteiger partial charge on any atom is -0.317 e. The van der Waals surface area contributed by atoms with E-state index < -0.39 is 0 Å². The van der Waals surface area contributed by atoms with E-state index >= 15 is 0 Å². The number of anilines is 2. The molecule has 0 aliphatic carbocycles. The predicted molar refractivity (Wildman–Crippen MR) is 75.2 cm³/mol. The lowest BCUT2D eigenvalue weighted by molar-refractivity contribution is 0.930. The van der Waals surface area contributed by atoms with Crippen molar-refractivity contribution in [3.05, 3.63) is 41.4 Å². The Bertz CT molecular complexity index is 527. The number of para-hydroxylation sites is 1. The first-order valence-corrected chi connectivity index (χ1v) is 6.87. The van der Waals surface area contributed by atoms with Gasteiger partial charge in [0, 0.05) is 17.6 Å². The van der Waals surface area contributed by atoms with Crippen molar-refractivity contribution in [3.8, 4) is 6.07 Å². The topological polar surface area (TPSA) is 39.9 Å². The monoisotopic (exact) mass is 257 g/mol. The van der Waals surface area contributed by atoms with Crippen molar-refractivity contribution in [3.63, 3.8) is 0 Å². The van der Waals surface area contributed by atoms with Crippen LogP contribution < -0.4 is 4.90 Å². The summed E-state index contributed by atoms with van der Waals surface area (Å²) in [5.41, 5.74) is 2.19. The molecule has 1 aromatic carbocycles. The van der Waals surface area contributed by atoms with E-state index in [2.05, 4.69) is 28.3 Å². The zero-order valence-corrected chi connectivity index (χ0v) is 11.2. The Balaban J connectivity index is 2.28. The molecular weight excluding hydrogens is 242 g/mol. The van der Waals surface area contributed by atoms with Gasteiger partial charge in [0.1, 0.15) is 0 Å². The summed E-state index contributed by atoms with van der Waals surface area (Å²) in [6, 6.07) is 12.3. The van der Waals surface area contributed by atoms with Crippen molar-refractivity contribution >= 4 is 22.2 Å². The van der Waals surface area contributed by atoms with Crippen LogP contribution in [0, 0.1) is 11.3 Å². The molecule has 0 bridgehead atoms. The zero-order chi connectivity index (χ0) is 12.8. The third-order valence-electron chi connectivity index (χ3n) is 2.65. The minimum absolute atomic E-state index is 0.496. The molecule has 4 heteroatoms. The highest BCUT2D eigenvalue weighted by molar-refractivity contribution is 7.13. The lowest BCUT2D eigenvalue weighted by atomic mass is 10.3. The average molecular weight is 257 g/mol. The van der Waals surface area contributed by atoms with Crippen molar-refractivity contribution in [2.24, 2.45) is 0 Å². The lowest BCUT2D eigenvalue weighted by Crippen LogP contribution is -2.17. The second kappa shape index (κ2) is 6.18. The summed E-state index contributed by atoms with van der Waals surface area (Å²) >= 11 is 1.63. The summed E-state index contributed by atoms with van der Waals surface area (Å²) < 4.78 is 0. The maximum absolute atomic E-state index is 8.77. The first-order chi connectivity index (χ1) is 8.85. The molecule has 3 nitrogen and oxygen atoms in total. The van der Waals surface area contributed by atoms with Crippen LogP contribution in [-0.4, -0.2) is 11.5 Å². The summed E-state index contributed by atoms with van der Waals surface area (Å²) in [6.45, 7) is 2.78. The van der Waals surface area contributed by atoms with Gasteiger partial charge in [-0.1, -0.05) is 25.1 Å². The first kappa shape index (κ1) is 12.6. The molecule has 0 fully saturated rings. The molecule has 0 aliphatic rings. The van der Waals surface area contributed by atoms with E-state index in [1.165, 1.54) is 0 Å². The number of aryl methyl sites for hydroxylation is 1. The molecule has 0 saturated carbocycles. The number of nitriles is 1. The molecule has 0 N–H and O–H groups in total. The van der Waals surface area contributed by atoms with Gasteiger partial charge in [0.15, 0.2) is 5.13 Å². The molecule has 1 heterocycles. The van der Waals surface area contributed by atoms with E-state index in [0.29, 0.717) is 13.0 Å². The number of benzene rings is 1. The molecule has 0 radical (unpaired) electrons. The van der Waals surface area contributed by atoms with Gasteiger partial charge in [-0.25, -0.2) is 4.98 Å². The van der Waals surface area contributed by atoms with Crippen LogP contribution in [0.4, 0.5) is 10.8 Å². The lowest BCUT2D eigenvalue weighted by Gasteiger charge is -2.20. The Kier molecular flexibility index (Phi) is 4.32. The van der Waals surface area contributed by atoms with Crippen molar-refractivity contribution in [2.45, 2.75) is 19.8 Å². The van der Waals surface area contributed by atoms with Gasteiger partial charge in [0.2, 0.25) is 0 Å². The number of thiazole rings is 1. The summed E-state index contributed by atoms with van der Waals surface area (Å²) in [7, 11) is 0. The van der Waals surface area contributed by atoms with Crippen molar-refractivity contribution in [1.82, 2.24) is 4.98 Å². The Morgan fingerprint density at radius 2 is 2.11 bits per heavy atom. The fourth-order valence-electron chi connectivity index (χ4n) is 1.69. The summed E-state index contributed by atoms with van der Waals surface area (Å²) in [5, 5.41) is 11.8. The van der Waals surface area contributed by atoms with Gasteiger partial charge in [-0.3, -0.25) is 0 Å². The number of rotatable bonds is 5. The molecule has 1 aromatic heterocycles. The van der Waals surface area contributed by atoms with E-state index in [-0.39, 0.29) is 0 Å². The summed E-state index contributed by atoms with van der Waals surface area (Å²) in [4.78, 5) is 6.70. The quantitative estimate of drug-likeness (QED) is 0.818. The molecule has 0 unspecified atom stereocenters. The Morgan fingerprint density at radius 3 is 2.72 bits per heavy atom.